The number of ether oxygens (including phenoxy) is 1. The minimum Gasteiger partial charge on any atom is -0.478 e. The van der Waals surface area contributed by atoms with Gasteiger partial charge in [-0.3, -0.25) is 4.79 Å². The van der Waals surface area contributed by atoms with Crippen LogP contribution < -0.4 is 4.74 Å². The van der Waals surface area contributed by atoms with Crippen LogP contribution in [0.2, 0.25) is 0 Å². The van der Waals surface area contributed by atoms with Crippen molar-refractivity contribution in [3.05, 3.63) is 53.0 Å². The number of aromatic nitrogens is 2. The number of carbonyl (C=O) groups is 1. The molecule has 0 saturated heterocycles. The summed E-state index contributed by atoms with van der Waals surface area (Å²) >= 11 is 0. The Morgan fingerprint density at radius 2 is 2.04 bits per heavy atom. The molecule has 0 radical (unpaired) electrons. The lowest BCUT2D eigenvalue weighted by Gasteiger charge is -2.47. The summed E-state index contributed by atoms with van der Waals surface area (Å²) in [4.78, 5) is 26.0. The van der Waals surface area contributed by atoms with Gasteiger partial charge < -0.3 is 9.58 Å². The molecule has 2 aromatic rings. The normalized spacial score (nSPS) is 28.8. The number of benzene rings is 1. The zero-order chi connectivity index (χ0) is 19.9. The van der Waals surface area contributed by atoms with E-state index in [-0.39, 0.29) is 23.0 Å². The lowest BCUT2D eigenvalue weighted by Crippen LogP contribution is -2.52. The predicted molar refractivity (Wildman–Crippen MR) is 107 cm³/mol. The van der Waals surface area contributed by atoms with Gasteiger partial charge in [0.05, 0.1) is 12.3 Å². The molecule has 1 unspecified atom stereocenters. The fraction of sp³-hybridized carbons (Fsp3) is 0.478. The Morgan fingerprint density at radius 1 is 1.29 bits per heavy atom. The second kappa shape index (κ2) is 7.01. The molecule has 0 spiro atoms. The number of rotatable bonds is 3. The van der Waals surface area contributed by atoms with E-state index in [0.717, 1.165) is 29.7 Å². The molecule has 1 aromatic heterocycles. The van der Waals surface area contributed by atoms with E-state index in [4.69, 9.17) is 21.3 Å². The van der Waals surface area contributed by atoms with Crippen molar-refractivity contribution in [2.24, 2.45) is 11.8 Å². The largest absolute Gasteiger partial charge is 0.478 e. The highest BCUT2D eigenvalue weighted by molar-refractivity contribution is 5.89. The second-order valence-corrected chi connectivity index (χ2v) is 8.08. The van der Waals surface area contributed by atoms with Crippen molar-refractivity contribution < 1.29 is 9.53 Å². The first-order valence-corrected chi connectivity index (χ1v) is 9.99. The van der Waals surface area contributed by atoms with Gasteiger partial charge in [-0.2, -0.15) is 4.98 Å². The topological polar surface area (TPSA) is 56.4 Å². The Labute approximate surface area is 166 Å². The molecule has 0 N–H and O–H groups in total. The first-order valence-electron chi connectivity index (χ1n) is 9.99. The Bertz CT molecular complexity index is 950. The van der Waals surface area contributed by atoms with Crippen LogP contribution in [0.5, 0.6) is 5.88 Å². The highest BCUT2D eigenvalue weighted by Gasteiger charge is 2.55. The lowest BCUT2D eigenvalue weighted by molar-refractivity contribution is -0.129. The summed E-state index contributed by atoms with van der Waals surface area (Å²) in [6.45, 7) is 14.2. The summed E-state index contributed by atoms with van der Waals surface area (Å²) in [6, 6.07) is 9.31. The third kappa shape index (κ3) is 2.79. The van der Waals surface area contributed by atoms with E-state index in [1.807, 2.05) is 44.2 Å². The van der Waals surface area contributed by atoms with Crippen LogP contribution in [0.25, 0.3) is 16.2 Å². The van der Waals surface area contributed by atoms with Gasteiger partial charge in [-0.25, -0.2) is 11.6 Å². The molecule has 1 fully saturated rings. The summed E-state index contributed by atoms with van der Waals surface area (Å²) in [5.74, 6) is 1.45. The molecular weight excluding hydrogens is 350 g/mol. The maximum atomic E-state index is 12.7. The van der Waals surface area contributed by atoms with Crippen LogP contribution in [0, 0.1) is 18.4 Å². The number of ketones is 1. The van der Waals surface area contributed by atoms with E-state index in [1.165, 1.54) is 0 Å². The highest BCUT2D eigenvalue weighted by atomic mass is 16.5. The average Bonchev–Trinajstić information content (AvgIpc) is 2.71. The molecule has 1 saturated carbocycles. The maximum Gasteiger partial charge on any atom is 0.282 e. The van der Waals surface area contributed by atoms with Crippen molar-refractivity contribution in [2.75, 3.05) is 6.61 Å². The maximum absolute atomic E-state index is 12.7. The summed E-state index contributed by atoms with van der Waals surface area (Å²) in [7, 11) is 0. The van der Waals surface area contributed by atoms with Crippen LogP contribution in [0.3, 0.4) is 0 Å². The van der Waals surface area contributed by atoms with Crippen molar-refractivity contribution in [1.29, 1.82) is 0 Å². The molecule has 28 heavy (non-hydrogen) atoms. The summed E-state index contributed by atoms with van der Waals surface area (Å²) in [5.41, 5.74) is 2.63. The Morgan fingerprint density at radius 3 is 2.71 bits per heavy atom. The average molecular weight is 375 g/mol. The molecule has 5 heteroatoms. The van der Waals surface area contributed by atoms with Crippen LogP contribution in [-0.4, -0.2) is 28.4 Å². The standard InChI is InChI=1S/C23H25N3O2/c1-5-28-22-16-11-12-17-14(2)19(27)18(24-4)13-23(17,3)20(16)25-21(26-22)15-9-7-6-8-10-15/h6-10,14,17-18H,5,11-13H2,1-3H3/t14-,17-,18?,23-/m0/s1. The first kappa shape index (κ1) is 18.6. The van der Waals surface area contributed by atoms with Crippen LogP contribution in [0.4, 0.5) is 0 Å². The minimum absolute atomic E-state index is 0.0864. The van der Waals surface area contributed by atoms with E-state index < -0.39 is 6.04 Å². The number of nitrogens with zero attached hydrogens (tertiary/aromatic N) is 3. The molecule has 5 nitrogen and oxygen atoms in total. The molecular formula is C23H25N3O2. The summed E-state index contributed by atoms with van der Waals surface area (Å²) < 4.78 is 5.91. The second-order valence-electron chi connectivity index (χ2n) is 8.08. The van der Waals surface area contributed by atoms with Crippen molar-refractivity contribution in [3.8, 4) is 17.3 Å². The Kier molecular flexibility index (Phi) is 4.66. The SMILES string of the molecule is [C-]#[N+]C1C[C@]2(C)c3nc(-c4ccccc4)nc(OCC)c3CC[C@H]2[C@H](C)C1=O. The molecule has 0 bridgehead atoms. The highest BCUT2D eigenvalue weighted by Crippen LogP contribution is 2.52. The van der Waals surface area contributed by atoms with E-state index >= 15 is 0 Å². The van der Waals surface area contributed by atoms with Crippen LogP contribution in [0.15, 0.2) is 30.3 Å². The first-order chi connectivity index (χ1) is 13.5. The predicted octanol–water partition coefficient (Wildman–Crippen LogP) is 4.26. The third-order valence-corrected chi connectivity index (χ3v) is 6.50. The zero-order valence-electron chi connectivity index (χ0n) is 16.6. The van der Waals surface area contributed by atoms with Gasteiger partial charge in [0.2, 0.25) is 11.7 Å². The van der Waals surface area contributed by atoms with Crippen molar-refractivity contribution in [2.45, 2.75) is 51.5 Å². The Hall–Kier alpha value is -2.74. The third-order valence-electron chi connectivity index (χ3n) is 6.50. The number of fused-ring (bicyclic) bond motifs is 3. The molecule has 2 aliphatic carbocycles. The molecule has 144 valence electrons. The van der Waals surface area contributed by atoms with Crippen LogP contribution in [-0.2, 0) is 16.6 Å². The molecule has 1 heterocycles. The minimum atomic E-state index is -0.590. The Balaban J connectivity index is 1.91. The van der Waals surface area contributed by atoms with Gasteiger partial charge in [0.1, 0.15) is 0 Å². The van der Waals surface area contributed by atoms with Gasteiger partial charge in [-0.05, 0) is 25.7 Å². The quantitative estimate of drug-likeness (QED) is 0.752. The monoisotopic (exact) mass is 375 g/mol. The van der Waals surface area contributed by atoms with E-state index in [1.54, 1.807) is 0 Å². The fourth-order valence-electron chi connectivity index (χ4n) is 5.09. The number of Topliss-reactive ketones (excluding diaryl/α,β-unsaturated/α-hetero) is 1. The van der Waals surface area contributed by atoms with Crippen LogP contribution in [0.1, 0.15) is 44.9 Å². The van der Waals surface area contributed by atoms with Gasteiger partial charge in [0, 0.05) is 28.9 Å². The molecule has 2 aliphatic rings. The summed E-state index contributed by atoms with van der Waals surface area (Å²) in [6.07, 6.45) is 2.23. The van der Waals surface area contributed by atoms with Crippen molar-refractivity contribution in [1.82, 2.24) is 9.97 Å². The van der Waals surface area contributed by atoms with Gasteiger partial charge in [0.25, 0.3) is 6.04 Å². The van der Waals surface area contributed by atoms with Gasteiger partial charge in [-0.1, -0.05) is 44.2 Å². The van der Waals surface area contributed by atoms with Gasteiger partial charge in [-0.15, -0.1) is 0 Å². The van der Waals surface area contributed by atoms with Crippen LogP contribution >= 0.6 is 0 Å². The van der Waals surface area contributed by atoms with Crippen molar-refractivity contribution in [3.63, 3.8) is 0 Å². The number of hydrogen-bond donors (Lipinski definition) is 0. The summed E-state index contributed by atoms with van der Waals surface area (Å²) in [5, 5.41) is 0. The van der Waals surface area contributed by atoms with E-state index in [2.05, 4.69) is 11.8 Å². The molecule has 0 amide bonds. The van der Waals surface area contributed by atoms with E-state index in [9.17, 15) is 4.79 Å². The number of carbonyl (C=O) groups excluding carboxylic acids is 1. The lowest BCUT2D eigenvalue weighted by atomic mass is 9.55. The molecule has 1 aromatic carbocycles. The van der Waals surface area contributed by atoms with Crippen molar-refractivity contribution >= 4 is 5.78 Å². The smallest absolute Gasteiger partial charge is 0.282 e. The number of hydrogen-bond acceptors (Lipinski definition) is 4. The fourth-order valence-corrected chi connectivity index (χ4v) is 5.09. The molecule has 0 aliphatic heterocycles. The van der Waals surface area contributed by atoms with Gasteiger partial charge in [0.15, 0.2) is 5.82 Å². The van der Waals surface area contributed by atoms with E-state index in [0.29, 0.717) is 24.7 Å². The zero-order valence-corrected chi connectivity index (χ0v) is 16.6. The molecule has 4 rings (SSSR count). The van der Waals surface area contributed by atoms with Gasteiger partial charge >= 0.3 is 0 Å². The molecule has 4 atom stereocenters.